The summed E-state index contributed by atoms with van der Waals surface area (Å²) in [6.45, 7) is 3.79. The quantitative estimate of drug-likeness (QED) is 0.779. The number of benzene rings is 1. The number of nitrogens with one attached hydrogen (secondary N) is 1. The molecule has 2 heterocycles. The number of anilines is 1. The van der Waals surface area contributed by atoms with Crippen LogP contribution >= 0.6 is 11.3 Å². The molecule has 0 aliphatic carbocycles. The number of para-hydroxylation sites is 1. The maximum atomic E-state index is 12.0. The molecule has 0 radical (unpaired) electrons. The van der Waals surface area contributed by atoms with E-state index in [9.17, 15) is 4.79 Å². The summed E-state index contributed by atoms with van der Waals surface area (Å²) < 4.78 is 7.16. The first-order valence-corrected chi connectivity index (χ1v) is 7.68. The van der Waals surface area contributed by atoms with Crippen LogP contribution in [0.4, 0.5) is 5.13 Å². The molecule has 3 rings (SSSR count). The summed E-state index contributed by atoms with van der Waals surface area (Å²) in [5.74, 6) is 1.16. The minimum absolute atomic E-state index is 0.0594. The fraction of sp³-hybridized carbons (Fsp3) is 0.286. The first kappa shape index (κ1) is 14.5. The Kier molecular flexibility index (Phi) is 4.01. The van der Waals surface area contributed by atoms with Gasteiger partial charge in [0.1, 0.15) is 5.75 Å². The molecule has 3 aromatic rings. The van der Waals surface area contributed by atoms with Gasteiger partial charge in [0.25, 0.3) is 5.91 Å². The minimum atomic E-state index is -0.256. The molecule has 1 N–H and O–H groups in total. The zero-order valence-corrected chi connectivity index (χ0v) is 13.1. The summed E-state index contributed by atoms with van der Waals surface area (Å²) in [6.07, 6.45) is 0.855. The zero-order valence-electron chi connectivity index (χ0n) is 12.2. The highest BCUT2D eigenvalue weighted by Gasteiger charge is 2.12. The van der Waals surface area contributed by atoms with Crippen LogP contribution in [0.5, 0.6) is 5.75 Å². The molecule has 2 aromatic heterocycles. The molecule has 7 nitrogen and oxygen atoms in total. The van der Waals surface area contributed by atoms with Gasteiger partial charge in [-0.2, -0.15) is 4.52 Å². The van der Waals surface area contributed by atoms with Crippen molar-refractivity contribution in [3.05, 3.63) is 35.7 Å². The Balaban J connectivity index is 1.62. The second-order valence-electron chi connectivity index (χ2n) is 4.65. The van der Waals surface area contributed by atoms with E-state index in [2.05, 4.69) is 20.6 Å². The standard InChI is InChI=1S/C14H15N5O2S/c1-3-10-6-4-5-7-11(10)21-8-12(20)15-13-18-19-9(2)16-17-14(19)22-13/h4-7H,3,8H2,1-2H3,(H,15,18,20). The monoisotopic (exact) mass is 317 g/mol. The van der Waals surface area contributed by atoms with Gasteiger partial charge in [-0.15, -0.1) is 15.3 Å². The minimum Gasteiger partial charge on any atom is -0.483 e. The molecule has 0 saturated carbocycles. The molecular weight excluding hydrogens is 302 g/mol. The van der Waals surface area contributed by atoms with Crippen molar-refractivity contribution < 1.29 is 9.53 Å². The van der Waals surface area contributed by atoms with Crippen molar-refractivity contribution in [3.63, 3.8) is 0 Å². The van der Waals surface area contributed by atoms with Gasteiger partial charge in [0, 0.05) is 0 Å². The summed E-state index contributed by atoms with van der Waals surface area (Å²) >= 11 is 1.27. The van der Waals surface area contributed by atoms with Crippen LogP contribution in [0.3, 0.4) is 0 Å². The molecule has 0 spiro atoms. The molecule has 0 aliphatic heterocycles. The Morgan fingerprint density at radius 3 is 2.95 bits per heavy atom. The third kappa shape index (κ3) is 2.91. The van der Waals surface area contributed by atoms with Crippen molar-refractivity contribution in [1.82, 2.24) is 19.8 Å². The molecule has 0 aliphatic rings. The number of ether oxygens (including phenoxy) is 1. The van der Waals surface area contributed by atoms with E-state index in [1.54, 1.807) is 11.4 Å². The molecule has 114 valence electrons. The maximum Gasteiger partial charge on any atom is 0.264 e. The van der Waals surface area contributed by atoms with Crippen LogP contribution in [0.1, 0.15) is 18.3 Å². The summed E-state index contributed by atoms with van der Waals surface area (Å²) in [7, 11) is 0. The van der Waals surface area contributed by atoms with E-state index < -0.39 is 0 Å². The fourth-order valence-electron chi connectivity index (χ4n) is 2.00. The number of aromatic nitrogens is 4. The van der Waals surface area contributed by atoms with E-state index in [0.717, 1.165) is 17.7 Å². The van der Waals surface area contributed by atoms with Crippen LogP contribution < -0.4 is 10.1 Å². The molecule has 0 saturated heterocycles. The molecule has 1 amide bonds. The highest BCUT2D eigenvalue weighted by atomic mass is 32.1. The van der Waals surface area contributed by atoms with Crippen molar-refractivity contribution in [2.75, 3.05) is 11.9 Å². The van der Waals surface area contributed by atoms with Gasteiger partial charge in [-0.05, 0) is 25.0 Å². The van der Waals surface area contributed by atoms with Gasteiger partial charge in [0.2, 0.25) is 10.1 Å². The molecule has 22 heavy (non-hydrogen) atoms. The summed E-state index contributed by atoms with van der Waals surface area (Å²) in [5, 5.41) is 15.3. The highest BCUT2D eigenvalue weighted by molar-refractivity contribution is 7.20. The number of nitrogens with zero attached hydrogens (tertiary/aromatic N) is 4. The largest absolute Gasteiger partial charge is 0.483 e. The number of carbonyl (C=O) groups is 1. The normalized spacial score (nSPS) is 10.8. The van der Waals surface area contributed by atoms with E-state index >= 15 is 0 Å². The predicted molar refractivity (Wildman–Crippen MR) is 83.3 cm³/mol. The number of rotatable bonds is 5. The first-order chi connectivity index (χ1) is 10.7. The topological polar surface area (TPSA) is 81.4 Å². The molecule has 0 bridgehead atoms. The smallest absolute Gasteiger partial charge is 0.264 e. The van der Waals surface area contributed by atoms with Crippen LogP contribution in [0, 0.1) is 6.92 Å². The van der Waals surface area contributed by atoms with Crippen LogP contribution in [0.2, 0.25) is 0 Å². The predicted octanol–water partition coefficient (Wildman–Crippen LogP) is 2.07. The fourth-order valence-corrected chi connectivity index (χ4v) is 2.80. The van der Waals surface area contributed by atoms with E-state index in [1.807, 2.05) is 31.2 Å². The SMILES string of the molecule is CCc1ccccc1OCC(=O)Nc1nn2c(C)nnc2s1. The molecule has 0 fully saturated rings. The highest BCUT2D eigenvalue weighted by Crippen LogP contribution is 2.20. The van der Waals surface area contributed by atoms with Crippen molar-refractivity contribution in [1.29, 1.82) is 0 Å². The van der Waals surface area contributed by atoms with Crippen molar-refractivity contribution in [2.24, 2.45) is 0 Å². The van der Waals surface area contributed by atoms with Gasteiger partial charge in [0.05, 0.1) is 0 Å². The van der Waals surface area contributed by atoms with E-state index in [4.69, 9.17) is 4.74 Å². The van der Waals surface area contributed by atoms with Gasteiger partial charge in [-0.3, -0.25) is 10.1 Å². The van der Waals surface area contributed by atoms with Crippen LogP contribution in [0.15, 0.2) is 24.3 Å². The number of hydrogen-bond donors (Lipinski definition) is 1. The van der Waals surface area contributed by atoms with E-state index in [0.29, 0.717) is 15.9 Å². The average Bonchev–Trinajstić information content (AvgIpc) is 3.07. The Morgan fingerprint density at radius 1 is 1.36 bits per heavy atom. The first-order valence-electron chi connectivity index (χ1n) is 6.86. The van der Waals surface area contributed by atoms with Gasteiger partial charge in [0.15, 0.2) is 12.4 Å². The third-order valence-electron chi connectivity index (χ3n) is 3.11. The lowest BCUT2D eigenvalue weighted by Crippen LogP contribution is -2.20. The Bertz CT molecular complexity index is 811. The lowest BCUT2D eigenvalue weighted by Gasteiger charge is -2.09. The second-order valence-corrected chi connectivity index (χ2v) is 5.60. The Hall–Kier alpha value is -2.48. The summed E-state index contributed by atoms with van der Waals surface area (Å²) in [6, 6.07) is 7.68. The summed E-state index contributed by atoms with van der Waals surface area (Å²) in [4.78, 5) is 12.6. The number of aryl methyl sites for hydroxylation is 2. The second kappa shape index (κ2) is 6.10. The average molecular weight is 317 g/mol. The number of fused-ring (bicyclic) bond motifs is 1. The van der Waals surface area contributed by atoms with Crippen LogP contribution in [0.25, 0.3) is 4.96 Å². The lowest BCUT2D eigenvalue weighted by atomic mass is 10.1. The summed E-state index contributed by atoms with van der Waals surface area (Å²) in [5.41, 5.74) is 1.07. The molecular formula is C14H15N5O2S. The molecule has 0 atom stereocenters. The van der Waals surface area contributed by atoms with Crippen molar-refractivity contribution >= 4 is 27.3 Å². The zero-order chi connectivity index (χ0) is 15.5. The Morgan fingerprint density at radius 2 is 2.18 bits per heavy atom. The number of hydrogen-bond acceptors (Lipinski definition) is 6. The van der Waals surface area contributed by atoms with Gasteiger partial charge < -0.3 is 4.74 Å². The third-order valence-corrected chi connectivity index (χ3v) is 3.92. The van der Waals surface area contributed by atoms with E-state index in [-0.39, 0.29) is 12.5 Å². The number of carbonyl (C=O) groups excluding carboxylic acids is 1. The van der Waals surface area contributed by atoms with Crippen LogP contribution in [-0.4, -0.2) is 32.3 Å². The van der Waals surface area contributed by atoms with Gasteiger partial charge >= 0.3 is 0 Å². The molecule has 1 aromatic carbocycles. The van der Waals surface area contributed by atoms with Crippen LogP contribution in [-0.2, 0) is 11.2 Å². The molecule has 0 unspecified atom stereocenters. The molecule has 8 heteroatoms. The van der Waals surface area contributed by atoms with Crippen molar-refractivity contribution in [3.8, 4) is 5.75 Å². The van der Waals surface area contributed by atoms with Gasteiger partial charge in [-0.25, -0.2) is 0 Å². The lowest BCUT2D eigenvalue weighted by molar-refractivity contribution is -0.118. The van der Waals surface area contributed by atoms with E-state index in [1.165, 1.54) is 11.3 Å². The Labute approximate surface area is 130 Å². The number of amides is 1. The van der Waals surface area contributed by atoms with Gasteiger partial charge in [-0.1, -0.05) is 36.5 Å². The maximum absolute atomic E-state index is 12.0. The van der Waals surface area contributed by atoms with Crippen molar-refractivity contribution in [2.45, 2.75) is 20.3 Å².